The van der Waals surface area contributed by atoms with Crippen LogP contribution in [0.5, 0.6) is 5.75 Å². The van der Waals surface area contributed by atoms with Gasteiger partial charge in [-0.1, -0.05) is 13.8 Å². The van der Waals surface area contributed by atoms with Crippen LogP contribution in [0.4, 0.5) is 0 Å². The maximum atomic E-state index is 13.2. The Morgan fingerprint density at radius 2 is 1.68 bits per heavy atom. The molecule has 4 bridgehead atoms. The van der Waals surface area contributed by atoms with Gasteiger partial charge >= 0.3 is 0 Å². The second-order valence-corrected chi connectivity index (χ2v) is 11.3. The summed E-state index contributed by atoms with van der Waals surface area (Å²) in [5.74, 6) is 4.04. The number of ketones is 1. The van der Waals surface area contributed by atoms with Crippen molar-refractivity contribution in [1.82, 2.24) is 0 Å². The Kier molecular flexibility index (Phi) is 5.66. The highest BCUT2D eigenvalue weighted by molar-refractivity contribution is 7.99. The molecule has 0 aliphatic heterocycles. The molecule has 0 heterocycles. The van der Waals surface area contributed by atoms with E-state index in [0.29, 0.717) is 18.0 Å². The molecule has 1 unspecified atom stereocenters. The molecular weight excluding hydrogens is 392 g/mol. The molecular formula is C22H29O4S2-. The van der Waals surface area contributed by atoms with Gasteiger partial charge in [0.15, 0.2) is 0 Å². The molecule has 0 spiro atoms. The number of Topliss-reactive ketones (excluding diaryl/α,β-unsaturated/α-hetero) is 1. The van der Waals surface area contributed by atoms with Crippen LogP contribution in [0.1, 0.15) is 58.8 Å². The Bertz CT molecular complexity index is 721. The number of carbonyl (C=O) groups is 1. The van der Waals surface area contributed by atoms with Crippen LogP contribution >= 0.6 is 11.8 Å². The number of hydrogen-bond acceptors (Lipinski definition) is 5. The van der Waals surface area contributed by atoms with Crippen LogP contribution in [0.15, 0.2) is 29.2 Å². The number of carbonyl (C=O) groups excluding carboxylic acids is 1. The Labute approximate surface area is 174 Å². The number of rotatable bonds is 8. The Hall–Kier alpha value is -0.850. The fourth-order valence-corrected chi connectivity index (χ4v) is 7.54. The van der Waals surface area contributed by atoms with Crippen molar-refractivity contribution in [3.05, 3.63) is 24.3 Å². The molecule has 1 aromatic rings. The zero-order chi connectivity index (χ0) is 19.9. The van der Waals surface area contributed by atoms with Crippen molar-refractivity contribution < 1.29 is 17.7 Å². The van der Waals surface area contributed by atoms with Gasteiger partial charge in [0.1, 0.15) is 22.9 Å². The van der Waals surface area contributed by atoms with Crippen molar-refractivity contribution in [2.45, 2.75) is 63.7 Å². The summed E-state index contributed by atoms with van der Waals surface area (Å²) in [6, 6.07) is 6.95. The summed E-state index contributed by atoms with van der Waals surface area (Å²) in [4.78, 5) is 14.3. The highest BCUT2D eigenvalue weighted by Gasteiger charge is 2.58. The average molecular weight is 422 g/mol. The van der Waals surface area contributed by atoms with Gasteiger partial charge in [0, 0.05) is 22.5 Å². The predicted molar refractivity (Wildman–Crippen MR) is 111 cm³/mol. The van der Waals surface area contributed by atoms with Crippen molar-refractivity contribution in [3.8, 4) is 5.75 Å². The quantitative estimate of drug-likeness (QED) is 0.429. The van der Waals surface area contributed by atoms with E-state index < -0.39 is 11.4 Å². The molecule has 28 heavy (non-hydrogen) atoms. The molecule has 0 amide bonds. The third-order valence-corrected chi connectivity index (χ3v) is 8.99. The molecule has 6 heteroatoms. The largest absolute Gasteiger partial charge is 0.740 e. The van der Waals surface area contributed by atoms with Crippen LogP contribution in [0, 0.1) is 28.6 Å². The molecule has 0 radical (unpaired) electrons. The molecule has 4 aliphatic carbocycles. The van der Waals surface area contributed by atoms with Gasteiger partial charge in [0.2, 0.25) is 0 Å². The second kappa shape index (κ2) is 7.77. The molecule has 1 atom stereocenters. The Morgan fingerprint density at radius 1 is 1.14 bits per heavy atom. The van der Waals surface area contributed by atoms with Crippen LogP contribution in [0.25, 0.3) is 0 Å². The molecule has 0 aromatic heterocycles. The van der Waals surface area contributed by atoms with E-state index in [0.717, 1.165) is 28.4 Å². The topological polar surface area (TPSA) is 66.4 Å². The molecule has 154 valence electrons. The molecule has 4 nitrogen and oxygen atoms in total. The normalized spacial score (nSPS) is 32.3. The molecule has 0 saturated heterocycles. The summed E-state index contributed by atoms with van der Waals surface area (Å²) in [6.45, 7) is 4.42. The van der Waals surface area contributed by atoms with Gasteiger partial charge < -0.3 is 8.74 Å². The SMILES string of the molecule is CC(C)(C(=O)CCSc1ccc(OS(=O)[O-])cc1)C12CC3CC(CC(C3)C1)C2. The van der Waals surface area contributed by atoms with Gasteiger partial charge in [0.05, 0.1) is 0 Å². The second-order valence-electron chi connectivity index (χ2n) is 9.60. The molecule has 4 saturated carbocycles. The van der Waals surface area contributed by atoms with Crippen molar-refractivity contribution in [2.75, 3.05) is 5.75 Å². The first-order chi connectivity index (χ1) is 13.3. The predicted octanol–water partition coefficient (Wildman–Crippen LogP) is 5.15. The van der Waals surface area contributed by atoms with Gasteiger partial charge in [-0.25, -0.2) is 4.21 Å². The molecule has 1 aromatic carbocycles. The minimum absolute atomic E-state index is 0.233. The molecule has 4 aliphatic rings. The summed E-state index contributed by atoms with van der Waals surface area (Å²) >= 11 is -0.912. The van der Waals surface area contributed by atoms with Gasteiger partial charge in [0.25, 0.3) is 0 Å². The van der Waals surface area contributed by atoms with Crippen LogP contribution in [0.2, 0.25) is 0 Å². The summed E-state index contributed by atoms with van der Waals surface area (Å²) in [5, 5.41) is 0. The van der Waals surface area contributed by atoms with Crippen molar-refractivity contribution in [3.63, 3.8) is 0 Å². The number of hydrogen-bond donors (Lipinski definition) is 0. The zero-order valence-corrected chi connectivity index (χ0v) is 18.3. The number of benzene rings is 1. The van der Waals surface area contributed by atoms with Crippen LogP contribution in [-0.4, -0.2) is 20.3 Å². The Morgan fingerprint density at radius 3 is 2.18 bits per heavy atom. The van der Waals surface area contributed by atoms with E-state index in [9.17, 15) is 13.6 Å². The monoisotopic (exact) mass is 421 g/mol. The first kappa shape index (κ1) is 20.4. The zero-order valence-electron chi connectivity index (χ0n) is 16.6. The van der Waals surface area contributed by atoms with Crippen LogP contribution in [0.3, 0.4) is 0 Å². The third kappa shape index (κ3) is 3.92. The fraction of sp³-hybridized carbons (Fsp3) is 0.682. The van der Waals surface area contributed by atoms with Gasteiger partial charge in [-0.15, -0.1) is 11.8 Å². The van der Waals surface area contributed by atoms with E-state index in [4.69, 9.17) is 0 Å². The first-order valence-corrected chi connectivity index (χ1v) is 12.3. The maximum Gasteiger partial charge on any atom is 0.139 e. The fourth-order valence-electron chi connectivity index (χ4n) is 6.42. The summed E-state index contributed by atoms with van der Waals surface area (Å²) < 4.78 is 25.7. The number of thioether (sulfide) groups is 1. The summed E-state index contributed by atoms with van der Waals surface area (Å²) in [7, 11) is 0. The van der Waals surface area contributed by atoms with Crippen LogP contribution in [-0.2, 0) is 16.2 Å². The third-order valence-electron chi connectivity index (χ3n) is 7.65. The van der Waals surface area contributed by atoms with Gasteiger partial charge in [-0.05, 0) is 86.0 Å². The lowest BCUT2D eigenvalue weighted by Gasteiger charge is -2.62. The average Bonchev–Trinajstić information content (AvgIpc) is 2.61. The van der Waals surface area contributed by atoms with Crippen molar-refractivity contribution in [2.24, 2.45) is 28.6 Å². The van der Waals surface area contributed by atoms with Crippen molar-refractivity contribution >= 4 is 28.9 Å². The summed E-state index contributed by atoms with van der Waals surface area (Å²) in [6.07, 6.45) is 8.56. The van der Waals surface area contributed by atoms with E-state index in [2.05, 4.69) is 18.0 Å². The van der Waals surface area contributed by atoms with E-state index in [1.807, 2.05) is 12.1 Å². The van der Waals surface area contributed by atoms with E-state index in [1.54, 1.807) is 23.9 Å². The lowest BCUT2D eigenvalue weighted by atomic mass is 9.42. The minimum atomic E-state index is -2.55. The highest BCUT2D eigenvalue weighted by Crippen LogP contribution is 2.66. The summed E-state index contributed by atoms with van der Waals surface area (Å²) in [5.41, 5.74) is -0.00404. The molecule has 5 rings (SSSR count). The van der Waals surface area contributed by atoms with Gasteiger partial charge in [-0.2, -0.15) is 0 Å². The maximum absolute atomic E-state index is 13.2. The van der Waals surface area contributed by atoms with Gasteiger partial charge in [-0.3, -0.25) is 4.79 Å². The lowest BCUT2D eigenvalue weighted by Crippen LogP contribution is -2.55. The van der Waals surface area contributed by atoms with Crippen LogP contribution < -0.4 is 4.18 Å². The van der Waals surface area contributed by atoms with E-state index in [-0.39, 0.29) is 10.8 Å². The molecule has 4 fully saturated rings. The standard InChI is InChI=1S/C22H30O4S2/c1-21(2,22-12-15-9-16(13-22)11-17(10-15)14-22)20(23)7-8-27-19-5-3-18(4-6-19)26-28(24)25/h3-6,15-17H,7-14H2,1-2H3,(H,24,25)/p-1. The lowest BCUT2D eigenvalue weighted by molar-refractivity contribution is -0.154. The Balaban J connectivity index is 1.34. The smallest absolute Gasteiger partial charge is 0.139 e. The van der Waals surface area contributed by atoms with Crippen molar-refractivity contribution in [1.29, 1.82) is 0 Å². The highest BCUT2D eigenvalue weighted by atomic mass is 32.2. The van der Waals surface area contributed by atoms with E-state index >= 15 is 0 Å². The van der Waals surface area contributed by atoms with E-state index in [1.165, 1.54) is 38.5 Å². The molecule has 0 N–H and O–H groups in total. The minimum Gasteiger partial charge on any atom is -0.740 e. The first-order valence-electron chi connectivity index (χ1n) is 10.3.